The lowest BCUT2D eigenvalue weighted by Crippen LogP contribution is -2.40. The number of benzene rings is 1. The molecule has 0 aromatic heterocycles. The molecule has 6 nitrogen and oxygen atoms in total. The molecule has 0 radical (unpaired) electrons. The third-order valence-electron chi connectivity index (χ3n) is 2.03. The number of carboxylic acids is 1. The predicted octanol–water partition coefficient (Wildman–Crippen LogP) is -0.512. The number of methoxy groups -OCH3 is 1. The summed E-state index contributed by atoms with van der Waals surface area (Å²) in [7, 11) is 1.61. The molecule has 0 bridgehead atoms. The second kappa shape index (κ2) is 7.46. The van der Waals surface area contributed by atoms with Crippen molar-refractivity contribution in [2.24, 2.45) is 0 Å². The summed E-state index contributed by atoms with van der Waals surface area (Å²) in [5.74, 6) is -1.20. The van der Waals surface area contributed by atoms with E-state index in [4.69, 9.17) is 17.0 Å². The summed E-state index contributed by atoms with van der Waals surface area (Å²) in [6, 6.07) is 6.10. The SMILES string of the molecule is COCCNC(=S)NNc1ccc(C(=O)[O-])cc1. The minimum atomic E-state index is -1.20. The number of carboxylic acid groups (broad SMARTS) is 1. The third kappa shape index (κ3) is 4.98. The normalized spacial score (nSPS) is 9.61. The van der Waals surface area contributed by atoms with Crippen LogP contribution in [0.2, 0.25) is 0 Å². The predicted molar refractivity (Wildman–Crippen MR) is 70.0 cm³/mol. The lowest BCUT2D eigenvalue weighted by Gasteiger charge is -2.12. The van der Waals surface area contributed by atoms with Crippen molar-refractivity contribution in [2.75, 3.05) is 25.7 Å². The van der Waals surface area contributed by atoms with Crippen molar-refractivity contribution in [2.45, 2.75) is 0 Å². The molecule has 0 amide bonds. The molecule has 1 rings (SSSR count). The van der Waals surface area contributed by atoms with E-state index in [0.29, 0.717) is 24.0 Å². The van der Waals surface area contributed by atoms with Crippen LogP contribution in [0.25, 0.3) is 0 Å². The molecule has 7 heteroatoms. The first-order chi connectivity index (χ1) is 8.63. The maximum absolute atomic E-state index is 10.5. The van der Waals surface area contributed by atoms with Gasteiger partial charge < -0.3 is 20.0 Å². The number of carbonyl (C=O) groups is 1. The Bertz CT molecular complexity index is 408. The van der Waals surface area contributed by atoms with E-state index in [9.17, 15) is 9.90 Å². The molecular formula is C11H14N3O3S-. The van der Waals surface area contributed by atoms with Gasteiger partial charge in [0.25, 0.3) is 0 Å². The molecule has 0 spiro atoms. The summed E-state index contributed by atoms with van der Waals surface area (Å²) in [5.41, 5.74) is 6.40. The summed E-state index contributed by atoms with van der Waals surface area (Å²) in [6.45, 7) is 1.16. The van der Waals surface area contributed by atoms with Gasteiger partial charge in [0.05, 0.1) is 18.3 Å². The van der Waals surface area contributed by atoms with Gasteiger partial charge in [-0.05, 0) is 29.9 Å². The molecule has 0 aliphatic rings. The number of ether oxygens (including phenoxy) is 1. The zero-order valence-corrected chi connectivity index (χ0v) is 10.7. The van der Waals surface area contributed by atoms with Gasteiger partial charge in [-0.2, -0.15) is 0 Å². The van der Waals surface area contributed by atoms with Crippen molar-refractivity contribution in [3.05, 3.63) is 29.8 Å². The average molecular weight is 268 g/mol. The Morgan fingerprint density at radius 2 is 2.06 bits per heavy atom. The Labute approximate surface area is 110 Å². The Hall–Kier alpha value is -1.86. The van der Waals surface area contributed by atoms with E-state index < -0.39 is 5.97 Å². The van der Waals surface area contributed by atoms with Crippen LogP contribution in [0.5, 0.6) is 0 Å². The molecule has 0 unspecified atom stereocenters. The number of aromatic carboxylic acids is 1. The fourth-order valence-corrected chi connectivity index (χ4v) is 1.28. The van der Waals surface area contributed by atoms with E-state index in [1.54, 1.807) is 19.2 Å². The van der Waals surface area contributed by atoms with E-state index in [2.05, 4.69) is 16.2 Å². The van der Waals surface area contributed by atoms with Crippen LogP contribution in [0.1, 0.15) is 10.4 Å². The second-order valence-electron chi connectivity index (χ2n) is 3.36. The van der Waals surface area contributed by atoms with Gasteiger partial charge in [0.2, 0.25) is 0 Å². The lowest BCUT2D eigenvalue weighted by molar-refractivity contribution is -0.255. The monoisotopic (exact) mass is 268 g/mol. The maximum Gasteiger partial charge on any atom is 0.185 e. The van der Waals surface area contributed by atoms with Crippen LogP contribution in [0.3, 0.4) is 0 Å². The Kier molecular flexibility index (Phi) is 5.89. The molecule has 1 aromatic rings. The van der Waals surface area contributed by atoms with Crippen LogP contribution >= 0.6 is 12.2 Å². The number of nitrogens with one attached hydrogen (secondary N) is 3. The summed E-state index contributed by atoms with van der Waals surface area (Å²) in [4.78, 5) is 10.5. The number of hydrogen-bond donors (Lipinski definition) is 3. The number of hydrazine groups is 1. The van der Waals surface area contributed by atoms with Gasteiger partial charge in [-0.3, -0.25) is 10.9 Å². The van der Waals surface area contributed by atoms with Crippen molar-refractivity contribution >= 4 is 29.0 Å². The van der Waals surface area contributed by atoms with Crippen LogP contribution < -0.4 is 21.3 Å². The number of thiocarbonyl (C=S) groups is 1. The van der Waals surface area contributed by atoms with Crippen molar-refractivity contribution in [1.82, 2.24) is 10.7 Å². The molecular weight excluding hydrogens is 254 g/mol. The van der Waals surface area contributed by atoms with E-state index in [-0.39, 0.29) is 5.56 Å². The first-order valence-corrected chi connectivity index (χ1v) is 5.64. The molecule has 0 atom stereocenters. The van der Waals surface area contributed by atoms with Crippen LogP contribution in [-0.4, -0.2) is 31.3 Å². The Morgan fingerprint density at radius 1 is 1.39 bits per heavy atom. The molecule has 0 saturated carbocycles. The molecule has 0 fully saturated rings. The Morgan fingerprint density at radius 3 is 2.61 bits per heavy atom. The number of rotatable bonds is 6. The average Bonchev–Trinajstić information content (AvgIpc) is 2.37. The van der Waals surface area contributed by atoms with Crippen molar-refractivity contribution < 1.29 is 14.6 Å². The van der Waals surface area contributed by atoms with E-state index >= 15 is 0 Å². The topological polar surface area (TPSA) is 85.5 Å². The molecule has 0 heterocycles. The van der Waals surface area contributed by atoms with E-state index in [1.807, 2.05) is 0 Å². The molecule has 1 aromatic carbocycles. The van der Waals surface area contributed by atoms with Gasteiger partial charge in [-0.1, -0.05) is 12.1 Å². The van der Waals surface area contributed by atoms with Crippen molar-refractivity contribution in [3.8, 4) is 0 Å². The van der Waals surface area contributed by atoms with Crippen molar-refractivity contribution in [1.29, 1.82) is 0 Å². The summed E-state index contributed by atoms with van der Waals surface area (Å²) < 4.78 is 4.86. The smallest absolute Gasteiger partial charge is 0.185 e. The molecule has 0 saturated heterocycles. The van der Waals surface area contributed by atoms with Gasteiger partial charge >= 0.3 is 0 Å². The highest BCUT2D eigenvalue weighted by Crippen LogP contribution is 2.07. The second-order valence-corrected chi connectivity index (χ2v) is 3.77. The summed E-state index contributed by atoms with van der Waals surface area (Å²) in [5, 5.41) is 13.9. The van der Waals surface area contributed by atoms with E-state index in [1.165, 1.54) is 12.1 Å². The summed E-state index contributed by atoms with van der Waals surface area (Å²) >= 11 is 4.99. The zero-order valence-electron chi connectivity index (χ0n) is 9.86. The first kappa shape index (κ1) is 14.2. The Balaban J connectivity index is 2.34. The quantitative estimate of drug-likeness (QED) is 0.364. The van der Waals surface area contributed by atoms with Gasteiger partial charge in [-0.15, -0.1) is 0 Å². The zero-order chi connectivity index (χ0) is 13.4. The van der Waals surface area contributed by atoms with Crippen LogP contribution in [0.4, 0.5) is 5.69 Å². The van der Waals surface area contributed by atoms with Gasteiger partial charge in [0.1, 0.15) is 0 Å². The minimum Gasteiger partial charge on any atom is -0.545 e. The minimum absolute atomic E-state index is 0.126. The van der Waals surface area contributed by atoms with Gasteiger partial charge in [0.15, 0.2) is 5.11 Å². The molecule has 0 aliphatic carbocycles. The summed E-state index contributed by atoms with van der Waals surface area (Å²) in [6.07, 6.45) is 0. The largest absolute Gasteiger partial charge is 0.545 e. The molecule has 0 aliphatic heterocycles. The number of hydrogen-bond acceptors (Lipinski definition) is 5. The highest BCUT2D eigenvalue weighted by molar-refractivity contribution is 7.80. The highest BCUT2D eigenvalue weighted by Gasteiger charge is 1.96. The van der Waals surface area contributed by atoms with Gasteiger partial charge in [-0.25, -0.2) is 0 Å². The lowest BCUT2D eigenvalue weighted by atomic mass is 10.2. The van der Waals surface area contributed by atoms with Crippen molar-refractivity contribution in [3.63, 3.8) is 0 Å². The third-order valence-corrected chi connectivity index (χ3v) is 2.28. The van der Waals surface area contributed by atoms with Crippen LogP contribution in [0, 0.1) is 0 Å². The fourth-order valence-electron chi connectivity index (χ4n) is 1.13. The molecule has 3 N–H and O–H groups in total. The maximum atomic E-state index is 10.5. The fraction of sp³-hybridized carbons (Fsp3) is 0.273. The van der Waals surface area contributed by atoms with Crippen LogP contribution in [-0.2, 0) is 4.74 Å². The van der Waals surface area contributed by atoms with E-state index in [0.717, 1.165) is 0 Å². The molecule has 98 valence electrons. The number of anilines is 1. The number of carbonyl (C=O) groups excluding carboxylic acids is 1. The molecule has 18 heavy (non-hydrogen) atoms. The van der Waals surface area contributed by atoms with Crippen LogP contribution in [0.15, 0.2) is 24.3 Å². The van der Waals surface area contributed by atoms with Gasteiger partial charge in [0, 0.05) is 13.7 Å². The first-order valence-electron chi connectivity index (χ1n) is 5.23. The highest BCUT2D eigenvalue weighted by atomic mass is 32.1. The standard InChI is InChI=1S/C11H15N3O3S/c1-17-7-6-12-11(18)14-13-9-4-2-8(3-5-9)10(15)16/h2-5,13H,6-7H2,1H3,(H,15,16)(H2,12,14,18)/p-1.